The van der Waals surface area contributed by atoms with Crippen LogP contribution in [0.25, 0.3) is 16.6 Å². The van der Waals surface area contributed by atoms with Crippen molar-refractivity contribution in [3.63, 3.8) is 0 Å². The van der Waals surface area contributed by atoms with E-state index >= 15 is 0 Å². The summed E-state index contributed by atoms with van der Waals surface area (Å²) in [4.78, 5) is 12.0. The number of hydrogen-bond donors (Lipinski definition) is 2. The quantitative estimate of drug-likeness (QED) is 0.375. The number of nitrogens with one attached hydrogen (secondary N) is 2. The zero-order chi connectivity index (χ0) is 27.4. The van der Waals surface area contributed by atoms with Crippen molar-refractivity contribution in [1.29, 1.82) is 0 Å². The Morgan fingerprint density at radius 1 is 1.13 bits per heavy atom. The molecule has 3 heterocycles. The number of anilines is 2. The van der Waals surface area contributed by atoms with Gasteiger partial charge in [0, 0.05) is 61.6 Å². The van der Waals surface area contributed by atoms with E-state index in [0.29, 0.717) is 18.3 Å². The average Bonchev–Trinajstić information content (AvgIpc) is 3.43. The van der Waals surface area contributed by atoms with Crippen molar-refractivity contribution in [2.75, 3.05) is 56.6 Å². The maximum Gasteiger partial charge on any atom is 0.154 e. The van der Waals surface area contributed by atoms with Gasteiger partial charge in [0.05, 0.1) is 35.9 Å². The van der Waals surface area contributed by atoms with E-state index in [9.17, 15) is 0 Å². The summed E-state index contributed by atoms with van der Waals surface area (Å²) in [7, 11) is 1.73. The third-order valence-electron chi connectivity index (χ3n) is 7.29. The number of nitrogens with zero attached hydrogens (tertiary/aromatic N) is 5. The molecule has 3 aromatic rings. The summed E-state index contributed by atoms with van der Waals surface area (Å²) in [6.45, 7) is 16.9. The number of amidine groups is 1. The lowest BCUT2D eigenvalue weighted by atomic mass is 10.1. The summed E-state index contributed by atoms with van der Waals surface area (Å²) >= 11 is 0. The molecular formula is C31H39N7O. The molecule has 1 aromatic heterocycles. The maximum atomic E-state index is 5.83. The molecule has 2 N–H and O–H groups in total. The van der Waals surface area contributed by atoms with Crippen LogP contribution in [0, 0.1) is 5.92 Å². The highest BCUT2D eigenvalue weighted by Gasteiger charge is 2.22. The van der Waals surface area contributed by atoms with Crippen LogP contribution in [0.2, 0.25) is 0 Å². The summed E-state index contributed by atoms with van der Waals surface area (Å²) < 4.78 is 5.83. The number of methoxy groups -OCH3 is 1. The topological polar surface area (TPSA) is 72.0 Å². The summed E-state index contributed by atoms with van der Waals surface area (Å²) in [5.74, 6) is 2.04. The molecule has 0 aliphatic carbocycles. The Kier molecular flexibility index (Phi) is 8.02. The number of fused-ring (bicyclic) bond motifs is 1. The Bertz CT molecular complexity index is 1410. The van der Waals surface area contributed by atoms with Crippen molar-refractivity contribution in [2.24, 2.45) is 10.9 Å². The molecule has 8 heteroatoms. The second-order valence-corrected chi connectivity index (χ2v) is 10.4. The first-order chi connectivity index (χ1) is 18.9. The van der Waals surface area contributed by atoms with Crippen LogP contribution in [-0.2, 0) is 0 Å². The van der Waals surface area contributed by atoms with Gasteiger partial charge in [-0.05, 0) is 30.7 Å². The van der Waals surface area contributed by atoms with E-state index in [1.54, 1.807) is 7.11 Å². The van der Waals surface area contributed by atoms with E-state index in [2.05, 4.69) is 112 Å². The number of benzene rings is 2. The molecule has 0 unspecified atom stereocenters. The Morgan fingerprint density at radius 3 is 2.69 bits per heavy atom. The number of allylic oxidation sites excluding steroid dienone is 1. The Hall–Kier alpha value is -4.04. The number of ether oxygens (including phenoxy) is 1. The molecule has 204 valence electrons. The van der Waals surface area contributed by atoms with Gasteiger partial charge in [0.15, 0.2) is 5.84 Å². The highest BCUT2D eigenvalue weighted by molar-refractivity contribution is 6.11. The Morgan fingerprint density at radius 2 is 1.95 bits per heavy atom. The van der Waals surface area contributed by atoms with Crippen LogP contribution in [0.15, 0.2) is 78.2 Å². The number of hydrogen-bond acceptors (Lipinski definition) is 7. The second kappa shape index (κ2) is 11.8. The zero-order valence-corrected chi connectivity index (χ0v) is 23.4. The molecule has 2 aromatic carbocycles. The molecule has 1 fully saturated rings. The predicted molar refractivity (Wildman–Crippen MR) is 162 cm³/mol. The molecule has 0 radical (unpaired) electrons. The lowest BCUT2D eigenvalue weighted by Crippen LogP contribution is -2.46. The number of aromatic amines is 1. The average molecular weight is 526 g/mol. The first kappa shape index (κ1) is 26.6. The van der Waals surface area contributed by atoms with Crippen LogP contribution in [0.5, 0.6) is 5.75 Å². The molecule has 0 amide bonds. The van der Waals surface area contributed by atoms with Crippen molar-refractivity contribution in [3.05, 3.63) is 78.8 Å². The first-order valence-corrected chi connectivity index (χ1v) is 13.7. The van der Waals surface area contributed by atoms with E-state index in [1.165, 1.54) is 0 Å². The van der Waals surface area contributed by atoms with E-state index in [0.717, 1.165) is 77.7 Å². The number of aromatic nitrogens is 2. The van der Waals surface area contributed by atoms with E-state index in [1.807, 2.05) is 6.20 Å². The highest BCUT2D eigenvalue weighted by Crippen LogP contribution is 2.33. The molecule has 5 rings (SSSR count). The van der Waals surface area contributed by atoms with Crippen LogP contribution in [0.1, 0.15) is 26.3 Å². The van der Waals surface area contributed by atoms with Crippen LogP contribution in [0.4, 0.5) is 11.4 Å². The fraction of sp³-hybridized carbons (Fsp3) is 0.355. The lowest BCUT2D eigenvalue weighted by molar-refractivity contribution is 0.270. The Balaban J connectivity index is 1.42. The van der Waals surface area contributed by atoms with Gasteiger partial charge in [0.1, 0.15) is 5.75 Å². The summed E-state index contributed by atoms with van der Waals surface area (Å²) in [5, 5.41) is 11.8. The van der Waals surface area contributed by atoms with Gasteiger partial charge in [-0.2, -0.15) is 5.10 Å². The van der Waals surface area contributed by atoms with Crippen LogP contribution < -0.4 is 15.0 Å². The lowest BCUT2D eigenvalue weighted by Gasteiger charge is -2.36. The largest absolute Gasteiger partial charge is 0.495 e. The number of H-pyrrole nitrogens is 1. The van der Waals surface area contributed by atoms with E-state index < -0.39 is 0 Å². The van der Waals surface area contributed by atoms with Crippen molar-refractivity contribution >= 4 is 33.8 Å². The van der Waals surface area contributed by atoms with Gasteiger partial charge in [-0.15, -0.1) is 0 Å². The van der Waals surface area contributed by atoms with Crippen molar-refractivity contribution in [1.82, 2.24) is 20.0 Å². The van der Waals surface area contributed by atoms with Gasteiger partial charge in [-0.25, -0.2) is 4.99 Å². The van der Waals surface area contributed by atoms with Gasteiger partial charge < -0.3 is 24.8 Å². The first-order valence-electron chi connectivity index (χ1n) is 13.7. The maximum absolute atomic E-state index is 5.83. The number of rotatable bonds is 8. The smallest absolute Gasteiger partial charge is 0.154 e. The highest BCUT2D eigenvalue weighted by atomic mass is 16.5. The molecule has 2 aliphatic rings. The molecule has 1 saturated heterocycles. The normalized spacial score (nSPS) is 16.8. The van der Waals surface area contributed by atoms with Crippen molar-refractivity contribution in [3.8, 4) is 5.75 Å². The summed E-state index contributed by atoms with van der Waals surface area (Å²) in [6, 6.07) is 12.5. The van der Waals surface area contributed by atoms with Crippen LogP contribution in [-0.4, -0.2) is 72.2 Å². The molecular weight excluding hydrogens is 486 g/mol. The zero-order valence-electron chi connectivity index (χ0n) is 23.4. The van der Waals surface area contributed by atoms with E-state index in [-0.39, 0.29) is 0 Å². The number of likely N-dealkylation sites (N-methyl/N-ethyl adjacent to an activating group) is 1. The van der Waals surface area contributed by atoms with Crippen LogP contribution >= 0.6 is 0 Å². The summed E-state index contributed by atoms with van der Waals surface area (Å²) in [5.41, 5.74) is 5.69. The monoisotopic (exact) mass is 525 g/mol. The van der Waals surface area contributed by atoms with Gasteiger partial charge in [0.2, 0.25) is 0 Å². The van der Waals surface area contributed by atoms with Crippen LogP contribution in [0.3, 0.4) is 0 Å². The van der Waals surface area contributed by atoms with Crippen molar-refractivity contribution < 1.29 is 4.74 Å². The molecule has 2 aliphatic heterocycles. The van der Waals surface area contributed by atoms with Crippen molar-refractivity contribution in [2.45, 2.75) is 20.8 Å². The van der Waals surface area contributed by atoms with Gasteiger partial charge in [-0.1, -0.05) is 51.6 Å². The molecule has 8 nitrogen and oxygen atoms in total. The number of aliphatic imine (C=N–C) groups is 1. The third kappa shape index (κ3) is 6.01. The second-order valence-electron chi connectivity index (χ2n) is 10.4. The minimum absolute atomic E-state index is 0.483. The molecule has 0 bridgehead atoms. The molecule has 0 spiro atoms. The fourth-order valence-electron chi connectivity index (χ4n) is 4.98. The standard InChI is InChI=1S/C31H39N7O/c1-6-36-14-16-37(17-15-36)29-12-11-26(19-30(29)39-5)33-31-23(4)38(13-7-8-22(2)3)21-28(34-31)24-9-10-25-20-32-35-27(25)18-24/h7-12,18-22H,4,6,13-17H2,1-3,5H3,(H,32,35)(H,33,34). The predicted octanol–water partition coefficient (Wildman–Crippen LogP) is 5.56. The summed E-state index contributed by atoms with van der Waals surface area (Å²) in [6.07, 6.45) is 8.28. The van der Waals surface area contributed by atoms with Gasteiger partial charge in [0.25, 0.3) is 0 Å². The van der Waals surface area contributed by atoms with Gasteiger partial charge in [-0.3, -0.25) is 5.10 Å². The molecule has 0 saturated carbocycles. The Labute approximate surface area is 231 Å². The fourth-order valence-corrected chi connectivity index (χ4v) is 4.98. The SMILES string of the molecule is C=C1C(Nc2ccc(N3CCN(CC)CC3)c(OC)c2)=NC(c2ccc3cn[nH]c3c2)=CN1CC=CC(C)C. The third-order valence-corrected chi connectivity index (χ3v) is 7.29. The molecule has 39 heavy (non-hydrogen) atoms. The minimum atomic E-state index is 0.483. The van der Waals surface area contributed by atoms with E-state index in [4.69, 9.17) is 9.73 Å². The number of piperazine rings is 1. The minimum Gasteiger partial charge on any atom is -0.495 e. The van der Waals surface area contributed by atoms with Gasteiger partial charge >= 0.3 is 0 Å². The molecule has 0 atom stereocenters.